The van der Waals surface area contributed by atoms with Gasteiger partial charge in [-0.15, -0.1) is 0 Å². The lowest BCUT2D eigenvalue weighted by Gasteiger charge is -2.50. The Kier molecular flexibility index (Phi) is 4.33. The average molecular weight is 377 g/mol. The number of aromatic nitrogens is 2. The summed E-state index contributed by atoms with van der Waals surface area (Å²) in [4.78, 5) is 26.7. The van der Waals surface area contributed by atoms with Crippen LogP contribution in [0.2, 0.25) is 0 Å². The van der Waals surface area contributed by atoms with E-state index in [1.807, 2.05) is 25.3 Å². The number of amides is 1. The van der Waals surface area contributed by atoms with Crippen molar-refractivity contribution in [3.05, 3.63) is 54.0 Å². The van der Waals surface area contributed by atoms with Gasteiger partial charge in [0.15, 0.2) is 0 Å². The lowest BCUT2D eigenvalue weighted by atomic mass is 9.67. The first-order valence-corrected chi connectivity index (χ1v) is 10.5. The molecular weight excluding hydrogens is 348 g/mol. The van der Waals surface area contributed by atoms with Crippen molar-refractivity contribution in [1.29, 1.82) is 0 Å². The van der Waals surface area contributed by atoms with Gasteiger partial charge in [-0.2, -0.15) is 0 Å². The predicted octanol–water partition coefficient (Wildman–Crippen LogP) is 3.55. The third kappa shape index (κ3) is 3.27. The molecule has 1 aliphatic carbocycles. The van der Waals surface area contributed by atoms with Gasteiger partial charge in [0.1, 0.15) is 11.6 Å². The topological polar surface area (TPSA) is 49.3 Å². The molecule has 28 heavy (non-hydrogen) atoms. The number of nitrogens with zero attached hydrogens (tertiary/aromatic N) is 4. The maximum absolute atomic E-state index is 13.3. The summed E-state index contributed by atoms with van der Waals surface area (Å²) in [5.74, 6) is 2.23. The van der Waals surface area contributed by atoms with Crippen LogP contribution in [0, 0.1) is 12.3 Å². The van der Waals surface area contributed by atoms with E-state index in [2.05, 4.69) is 44.0 Å². The number of anilines is 1. The summed E-state index contributed by atoms with van der Waals surface area (Å²) >= 11 is 0. The molecule has 1 atom stereocenters. The van der Waals surface area contributed by atoms with Gasteiger partial charge >= 0.3 is 0 Å². The third-order valence-electron chi connectivity index (χ3n) is 6.82. The number of benzene rings is 1. The summed E-state index contributed by atoms with van der Waals surface area (Å²) in [6.07, 6.45) is 7.42. The Morgan fingerprint density at radius 3 is 2.50 bits per heavy atom. The zero-order valence-corrected chi connectivity index (χ0v) is 16.6. The average Bonchev–Trinajstić information content (AvgIpc) is 3.56. The van der Waals surface area contributed by atoms with Gasteiger partial charge in [-0.05, 0) is 56.1 Å². The minimum absolute atomic E-state index is 0.0170. The second-order valence-corrected chi connectivity index (χ2v) is 8.81. The second-order valence-electron chi connectivity index (χ2n) is 8.81. The van der Waals surface area contributed by atoms with Crippen LogP contribution in [0.25, 0.3) is 0 Å². The largest absolute Gasteiger partial charge is 0.356 e. The minimum Gasteiger partial charge on any atom is -0.356 e. The van der Waals surface area contributed by atoms with Crippen molar-refractivity contribution in [2.24, 2.45) is 5.41 Å². The number of carbonyl (C=O) groups is 1. The van der Waals surface area contributed by atoms with E-state index in [1.165, 1.54) is 18.4 Å². The number of likely N-dealkylation sites (tertiary alicyclic amines) is 1. The first-order valence-electron chi connectivity index (χ1n) is 10.5. The Bertz CT molecular complexity index is 856. The highest BCUT2D eigenvalue weighted by atomic mass is 16.2. The molecule has 0 unspecified atom stereocenters. The van der Waals surface area contributed by atoms with E-state index in [1.54, 1.807) is 0 Å². The van der Waals surface area contributed by atoms with E-state index >= 15 is 0 Å². The van der Waals surface area contributed by atoms with Crippen LogP contribution in [0.4, 0.5) is 5.82 Å². The summed E-state index contributed by atoms with van der Waals surface area (Å²) in [7, 11) is 0. The molecular formula is C23H28N4O. The van der Waals surface area contributed by atoms with Crippen LogP contribution in [0.15, 0.2) is 42.6 Å². The Morgan fingerprint density at radius 2 is 1.82 bits per heavy atom. The van der Waals surface area contributed by atoms with Gasteiger partial charge in [0.25, 0.3) is 0 Å². The van der Waals surface area contributed by atoms with Crippen LogP contribution in [-0.4, -0.2) is 46.5 Å². The molecule has 1 spiro atoms. The number of hydrogen-bond acceptors (Lipinski definition) is 4. The van der Waals surface area contributed by atoms with Crippen molar-refractivity contribution < 1.29 is 4.79 Å². The van der Waals surface area contributed by atoms with E-state index in [9.17, 15) is 4.79 Å². The van der Waals surface area contributed by atoms with Crippen LogP contribution < -0.4 is 4.90 Å². The summed E-state index contributed by atoms with van der Waals surface area (Å²) < 4.78 is 0. The van der Waals surface area contributed by atoms with E-state index < -0.39 is 0 Å². The van der Waals surface area contributed by atoms with E-state index in [-0.39, 0.29) is 11.3 Å². The van der Waals surface area contributed by atoms with Crippen molar-refractivity contribution in [2.75, 3.05) is 24.5 Å². The first kappa shape index (κ1) is 17.7. The smallest absolute Gasteiger partial charge is 0.230 e. The standard InChI is InChI=1S/C23H28N4O/c1-17-24-12-9-21(25-17)26-13-10-23(11-14-26)15-20(18-5-3-2-4-6-18)22(28)27(16-23)19-7-8-19/h2-6,9,12,19-20H,7-8,10-11,13-16H2,1H3/t20-/m0/s1. The summed E-state index contributed by atoms with van der Waals surface area (Å²) in [5.41, 5.74) is 1.42. The lowest BCUT2D eigenvalue weighted by molar-refractivity contribution is -0.141. The van der Waals surface area contributed by atoms with Crippen molar-refractivity contribution in [1.82, 2.24) is 14.9 Å². The Hall–Kier alpha value is -2.43. The zero-order valence-electron chi connectivity index (χ0n) is 16.6. The molecule has 0 bridgehead atoms. The molecule has 5 rings (SSSR count). The van der Waals surface area contributed by atoms with Crippen molar-refractivity contribution in [2.45, 2.75) is 51.0 Å². The highest BCUT2D eigenvalue weighted by molar-refractivity contribution is 5.85. The van der Waals surface area contributed by atoms with Gasteiger partial charge in [0, 0.05) is 31.9 Å². The molecule has 3 aliphatic rings. The lowest BCUT2D eigenvalue weighted by Crippen LogP contribution is -2.54. The number of hydrogen-bond donors (Lipinski definition) is 0. The second kappa shape index (κ2) is 6.87. The van der Waals surface area contributed by atoms with Crippen molar-refractivity contribution in [3.63, 3.8) is 0 Å². The van der Waals surface area contributed by atoms with Crippen molar-refractivity contribution >= 4 is 11.7 Å². The fourth-order valence-electron chi connectivity index (χ4n) is 5.06. The fourth-order valence-corrected chi connectivity index (χ4v) is 5.06. The van der Waals surface area contributed by atoms with Gasteiger partial charge in [-0.25, -0.2) is 9.97 Å². The van der Waals surface area contributed by atoms with E-state index in [0.717, 1.165) is 50.5 Å². The monoisotopic (exact) mass is 376 g/mol. The number of aryl methyl sites for hydroxylation is 1. The van der Waals surface area contributed by atoms with E-state index in [4.69, 9.17) is 0 Å². The maximum atomic E-state index is 13.3. The van der Waals surface area contributed by atoms with Gasteiger partial charge in [0.05, 0.1) is 5.92 Å². The van der Waals surface area contributed by atoms with E-state index in [0.29, 0.717) is 11.9 Å². The van der Waals surface area contributed by atoms with Crippen LogP contribution in [-0.2, 0) is 4.79 Å². The van der Waals surface area contributed by atoms with Crippen molar-refractivity contribution in [3.8, 4) is 0 Å². The molecule has 2 aliphatic heterocycles. The Balaban J connectivity index is 1.37. The number of carbonyl (C=O) groups excluding carboxylic acids is 1. The van der Waals surface area contributed by atoms with Crippen LogP contribution >= 0.6 is 0 Å². The van der Waals surface area contributed by atoms with Gasteiger partial charge in [-0.1, -0.05) is 30.3 Å². The minimum atomic E-state index is 0.0170. The molecule has 2 saturated heterocycles. The van der Waals surface area contributed by atoms with Gasteiger partial charge in [-0.3, -0.25) is 4.79 Å². The summed E-state index contributed by atoms with van der Waals surface area (Å²) in [6, 6.07) is 12.9. The van der Waals surface area contributed by atoms with Gasteiger partial charge in [0.2, 0.25) is 5.91 Å². The summed E-state index contributed by atoms with van der Waals surface area (Å²) in [5, 5.41) is 0. The van der Waals surface area contributed by atoms with Crippen LogP contribution in [0.3, 0.4) is 0 Å². The highest BCUT2D eigenvalue weighted by Crippen LogP contribution is 2.48. The zero-order chi connectivity index (χ0) is 19.1. The fraction of sp³-hybridized carbons (Fsp3) is 0.522. The molecule has 3 fully saturated rings. The van der Waals surface area contributed by atoms with Crippen LogP contribution in [0.1, 0.15) is 49.4 Å². The third-order valence-corrected chi connectivity index (χ3v) is 6.82. The normalized spacial score (nSPS) is 24.6. The summed E-state index contributed by atoms with van der Waals surface area (Å²) in [6.45, 7) is 4.89. The Morgan fingerprint density at radius 1 is 1.07 bits per heavy atom. The Labute approximate surface area is 166 Å². The molecule has 5 heteroatoms. The number of rotatable bonds is 3. The molecule has 1 aromatic carbocycles. The molecule has 1 aromatic heterocycles. The molecule has 0 N–H and O–H groups in total. The molecule has 146 valence electrons. The molecule has 1 saturated carbocycles. The number of piperidine rings is 2. The molecule has 1 amide bonds. The molecule has 2 aromatic rings. The predicted molar refractivity (Wildman–Crippen MR) is 109 cm³/mol. The van der Waals surface area contributed by atoms with Gasteiger partial charge < -0.3 is 9.80 Å². The maximum Gasteiger partial charge on any atom is 0.230 e. The molecule has 5 nitrogen and oxygen atoms in total. The molecule has 0 radical (unpaired) electrons. The highest BCUT2D eigenvalue weighted by Gasteiger charge is 2.49. The molecule has 3 heterocycles. The first-order chi connectivity index (χ1) is 13.6. The quantitative estimate of drug-likeness (QED) is 0.822. The van der Waals surface area contributed by atoms with Crippen LogP contribution in [0.5, 0.6) is 0 Å². The SMILES string of the molecule is Cc1nccc(N2CCC3(CC2)C[C@@H](c2ccccc2)C(=O)N(C2CC2)C3)n1.